The monoisotopic (exact) mass is 318 g/mol. The summed E-state index contributed by atoms with van der Waals surface area (Å²) in [5, 5.41) is 3.01. The van der Waals surface area contributed by atoms with Gasteiger partial charge in [0.1, 0.15) is 5.69 Å². The number of nitrogen functional groups attached to an aromatic ring is 1. The lowest BCUT2D eigenvalue weighted by Gasteiger charge is -2.11. The van der Waals surface area contributed by atoms with Crippen LogP contribution in [0.3, 0.4) is 0 Å². The van der Waals surface area contributed by atoms with Crippen molar-refractivity contribution < 1.29 is 4.74 Å². The molecule has 0 unspecified atom stereocenters. The van der Waals surface area contributed by atoms with Crippen molar-refractivity contribution in [3.05, 3.63) is 40.4 Å². The van der Waals surface area contributed by atoms with Crippen LogP contribution >= 0.6 is 0 Å². The molecule has 8 heteroatoms. The molecule has 0 aliphatic carbocycles. The van der Waals surface area contributed by atoms with Gasteiger partial charge >= 0.3 is 0 Å². The van der Waals surface area contributed by atoms with Crippen molar-refractivity contribution >= 4 is 11.6 Å². The van der Waals surface area contributed by atoms with E-state index in [-0.39, 0.29) is 11.2 Å². The van der Waals surface area contributed by atoms with Crippen LogP contribution in [0.15, 0.2) is 29.3 Å². The third kappa shape index (κ3) is 5.59. The predicted molar refractivity (Wildman–Crippen MR) is 89.5 cm³/mol. The molecule has 0 bridgehead atoms. The minimum Gasteiger partial charge on any atom is -0.478 e. The summed E-state index contributed by atoms with van der Waals surface area (Å²) in [5.41, 5.74) is 6.32. The quantitative estimate of drug-likeness (QED) is 0.614. The second kappa shape index (κ2) is 8.14. The van der Waals surface area contributed by atoms with E-state index in [0.717, 1.165) is 18.5 Å². The maximum absolute atomic E-state index is 11.3. The lowest BCUT2D eigenvalue weighted by atomic mass is 10.2. The Morgan fingerprint density at radius 1 is 1.39 bits per heavy atom. The number of H-pyrrole nitrogens is 1. The summed E-state index contributed by atoms with van der Waals surface area (Å²) < 4.78 is 5.63. The molecule has 2 heterocycles. The highest BCUT2D eigenvalue weighted by atomic mass is 16.5. The Hall–Kier alpha value is -2.61. The van der Waals surface area contributed by atoms with E-state index in [1.165, 1.54) is 6.20 Å². The zero-order valence-corrected chi connectivity index (χ0v) is 13.4. The van der Waals surface area contributed by atoms with Crippen molar-refractivity contribution in [3.8, 4) is 5.88 Å². The van der Waals surface area contributed by atoms with Crippen LogP contribution in [0.2, 0.25) is 0 Å². The van der Waals surface area contributed by atoms with Gasteiger partial charge in [-0.15, -0.1) is 0 Å². The molecule has 0 saturated heterocycles. The molecule has 0 fully saturated rings. The average Bonchev–Trinajstić information content (AvgIpc) is 2.50. The summed E-state index contributed by atoms with van der Waals surface area (Å²) in [7, 11) is 4.03. The molecule has 23 heavy (non-hydrogen) atoms. The van der Waals surface area contributed by atoms with Crippen molar-refractivity contribution in [2.75, 3.05) is 38.3 Å². The summed E-state index contributed by atoms with van der Waals surface area (Å²) in [6.07, 6.45) is 3.82. The summed E-state index contributed by atoms with van der Waals surface area (Å²) in [5.74, 6) is 1.01. The normalized spacial score (nSPS) is 10.7. The second-order valence-corrected chi connectivity index (χ2v) is 5.39. The van der Waals surface area contributed by atoms with Crippen molar-refractivity contribution in [2.24, 2.45) is 0 Å². The molecule has 124 valence electrons. The number of hydrogen-bond donors (Lipinski definition) is 3. The molecule has 2 aromatic rings. The fourth-order valence-corrected chi connectivity index (χ4v) is 1.94. The predicted octanol–water partition coefficient (Wildman–Crippen LogP) is 0.690. The molecule has 0 saturated carbocycles. The summed E-state index contributed by atoms with van der Waals surface area (Å²) in [6, 6.07) is 3.91. The van der Waals surface area contributed by atoms with Gasteiger partial charge in [0, 0.05) is 25.4 Å². The molecule has 4 N–H and O–H groups in total. The first-order valence-corrected chi connectivity index (χ1v) is 7.36. The van der Waals surface area contributed by atoms with Crippen LogP contribution in [-0.4, -0.2) is 47.1 Å². The number of nitrogens with one attached hydrogen (secondary N) is 2. The largest absolute Gasteiger partial charge is 0.478 e. The Bertz CT molecular complexity index is 686. The molecule has 0 atom stereocenters. The summed E-state index contributed by atoms with van der Waals surface area (Å²) >= 11 is 0. The lowest BCUT2D eigenvalue weighted by Crippen LogP contribution is -2.17. The number of aromatic amines is 1. The van der Waals surface area contributed by atoms with E-state index in [2.05, 4.69) is 25.2 Å². The first kappa shape index (κ1) is 16.8. The number of aromatic nitrogens is 3. The molecular weight excluding hydrogens is 296 g/mol. The Labute approximate surface area is 134 Å². The number of rotatable bonds is 8. The fourth-order valence-electron chi connectivity index (χ4n) is 1.94. The molecular formula is C15H22N6O2. The van der Waals surface area contributed by atoms with Crippen molar-refractivity contribution in [2.45, 2.75) is 13.0 Å². The number of pyridine rings is 1. The standard InChI is InChI=1S/C15H22N6O2/c1-21(2)10-11-4-6-17-13(8-11)23-7-3-5-18-15-19-9-12(16)14(22)20-15/h4,6,8-9H,3,5,7,10,16H2,1-2H3,(H2,18,19,20,22). The second-order valence-electron chi connectivity index (χ2n) is 5.39. The van der Waals surface area contributed by atoms with Gasteiger partial charge < -0.3 is 20.7 Å². The van der Waals surface area contributed by atoms with E-state index < -0.39 is 0 Å². The van der Waals surface area contributed by atoms with Crippen LogP contribution in [0.25, 0.3) is 0 Å². The third-order valence-electron chi connectivity index (χ3n) is 2.99. The van der Waals surface area contributed by atoms with E-state index >= 15 is 0 Å². The topological polar surface area (TPSA) is 109 Å². The molecule has 0 aromatic carbocycles. The van der Waals surface area contributed by atoms with Gasteiger partial charge in [0.2, 0.25) is 11.8 Å². The number of anilines is 2. The summed E-state index contributed by atoms with van der Waals surface area (Å²) in [6.45, 7) is 1.98. The van der Waals surface area contributed by atoms with Gasteiger partial charge in [0.05, 0.1) is 12.8 Å². The molecule has 8 nitrogen and oxygen atoms in total. The highest BCUT2D eigenvalue weighted by Crippen LogP contribution is 2.10. The first-order valence-electron chi connectivity index (χ1n) is 7.36. The van der Waals surface area contributed by atoms with E-state index in [4.69, 9.17) is 10.5 Å². The van der Waals surface area contributed by atoms with E-state index in [1.54, 1.807) is 6.20 Å². The molecule has 0 aliphatic heterocycles. The smallest absolute Gasteiger partial charge is 0.275 e. The average molecular weight is 318 g/mol. The molecule has 0 aliphatic rings. The number of nitrogens with zero attached hydrogens (tertiary/aromatic N) is 3. The van der Waals surface area contributed by atoms with E-state index in [9.17, 15) is 4.79 Å². The van der Waals surface area contributed by atoms with Gasteiger partial charge in [-0.05, 0) is 32.1 Å². The highest BCUT2D eigenvalue weighted by molar-refractivity contribution is 5.35. The van der Waals surface area contributed by atoms with Gasteiger partial charge in [-0.2, -0.15) is 0 Å². The van der Waals surface area contributed by atoms with E-state index in [0.29, 0.717) is 25.0 Å². The Balaban J connectivity index is 1.73. The van der Waals surface area contributed by atoms with Crippen LogP contribution in [0, 0.1) is 0 Å². The van der Waals surface area contributed by atoms with E-state index in [1.807, 2.05) is 26.2 Å². The maximum Gasteiger partial charge on any atom is 0.275 e. The van der Waals surface area contributed by atoms with Gasteiger partial charge in [-0.25, -0.2) is 9.97 Å². The van der Waals surface area contributed by atoms with Gasteiger partial charge in [0.25, 0.3) is 5.56 Å². The Morgan fingerprint density at radius 2 is 2.22 bits per heavy atom. The van der Waals surface area contributed by atoms with Gasteiger partial charge in [-0.1, -0.05) is 0 Å². The fraction of sp³-hybridized carbons (Fsp3) is 0.400. The number of nitrogens with two attached hydrogens (primary N) is 1. The van der Waals surface area contributed by atoms with Crippen LogP contribution in [0.1, 0.15) is 12.0 Å². The third-order valence-corrected chi connectivity index (χ3v) is 2.99. The molecule has 0 amide bonds. The molecule has 2 rings (SSSR count). The molecule has 0 spiro atoms. The van der Waals surface area contributed by atoms with Crippen molar-refractivity contribution in [1.82, 2.24) is 19.9 Å². The van der Waals surface area contributed by atoms with Gasteiger partial charge in [-0.3, -0.25) is 9.78 Å². The number of ether oxygens (including phenoxy) is 1. The minimum atomic E-state index is -0.347. The number of hydrogen-bond acceptors (Lipinski definition) is 7. The zero-order chi connectivity index (χ0) is 16.7. The lowest BCUT2D eigenvalue weighted by molar-refractivity contribution is 0.301. The van der Waals surface area contributed by atoms with Crippen LogP contribution < -0.4 is 21.3 Å². The Morgan fingerprint density at radius 3 is 2.96 bits per heavy atom. The van der Waals surface area contributed by atoms with Crippen LogP contribution in [0.5, 0.6) is 5.88 Å². The van der Waals surface area contributed by atoms with Crippen molar-refractivity contribution in [3.63, 3.8) is 0 Å². The van der Waals surface area contributed by atoms with Crippen LogP contribution in [0.4, 0.5) is 11.6 Å². The highest BCUT2D eigenvalue weighted by Gasteiger charge is 2.01. The van der Waals surface area contributed by atoms with Crippen molar-refractivity contribution in [1.29, 1.82) is 0 Å². The minimum absolute atomic E-state index is 0.0996. The Kier molecular flexibility index (Phi) is 5.93. The molecule has 0 radical (unpaired) electrons. The SMILES string of the molecule is CN(C)Cc1ccnc(OCCCNc2ncc(N)c(=O)[nH]2)c1. The summed E-state index contributed by atoms with van der Waals surface area (Å²) in [4.78, 5) is 24.1. The molecule has 2 aromatic heterocycles. The zero-order valence-electron chi connectivity index (χ0n) is 13.4. The van der Waals surface area contributed by atoms with Gasteiger partial charge in [0.15, 0.2) is 0 Å². The maximum atomic E-state index is 11.3. The van der Waals surface area contributed by atoms with Crippen LogP contribution in [-0.2, 0) is 6.54 Å². The first-order chi connectivity index (χ1) is 11.0.